The second-order valence-corrected chi connectivity index (χ2v) is 9.52. The number of halogens is 2. The molecule has 0 spiro atoms. The lowest BCUT2D eigenvalue weighted by atomic mass is 10.2. The number of carbonyl (C=O) groups is 1. The fourth-order valence-corrected chi connectivity index (χ4v) is 4.47. The standard InChI is InChI=1S/C22H20Cl2N2O3S/c1-15-3-11-20(12-4-15)30(28,29)26(19-10-5-16(2)21(24)13-19)14-22(27)25-18-8-6-17(23)7-9-18/h3-13H,14H2,1-2H3,(H,25,27). The van der Waals surface area contributed by atoms with Gasteiger partial charge in [0.25, 0.3) is 10.0 Å². The molecule has 5 nitrogen and oxygen atoms in total. The van der Waals surface area contributed by atoms with Gasteiger partial charge in [0.1, 0.15) is 6.54 Å². The van der Waals surface area contributed by atoms with Crippen LogP contribution in [0.2, 0.25) is 10.0 Å². The molecule has 3 aromatic rings. The number of anilines is 2. The minimum absolute atomic E-state index is 0.0871. The fraction of sp³-hybridized carbons (Fsp3) is 0.136. The molecule has 1 N–H and O–H groups in total. The van der Waals surface area contributed by atoms with E-state index in [0.29, 0.717) is 21.4 Å². The van der Waals surface area contributed by atoms with Gasteiger partial charge in [-0.15, -0.1) is 0 Å². The molecular weight excluding hydrogens is 443 g/mol. The van der Waals surface area contributed by atoms with Crippen LogP contribution in [-0.2, 0) is 14.8 Å². The highest BCUT2D eigenvalue weighted by molar-refractivity contribution is 7.92. The SMILES string of the molecule is Cc1ccc(S(=O)(=O)N(CC(=O)Nc2ccc(Cl)cc2)c2ccc(C)c(Cl)c2)cc1. The van der Waals surface area contributed by atoms with E-state index in [9.17, 15) is 13.2 Å². The number of benzene rings is 3. The molecule has 0 bridgehead atoms. The summed E-state index contributed by atoms with van der Waals surface area (Å²) in [5.41, 5.74) is 2.55. The normalized spacial score (nSPS) is 11.2. The average molecular weight is 463 g/mol. The predicted molar refractivity (Wildman–Crippen MR) is 122 cm³/mol. The van der Waals surface area contributed by atoms with Gasteiger partial charge in [0.05, 0.1) is 10.6 Å². The van der Waals surface area contributed by atoms with Crippen LogP contribution in [0, 0.1) is 13.8 Å². The molecule has 0 aliphatic rings. The lowest BCUT2D eigenvalue weighted by Gasteiger charge is -2.24. The van der Waals surface area contributed by atoms with Gasteiger partial charge in [-0.25, -0.2) is 8.42 Å². The Kier molecular flexibility index (Phi) is 6.71. The third-order valence-corrected chi connectivity index (χ3v) is 6.91. The van der Waals surface area contributed by atoms with Gasteiger partial charge in [-0.2, -0.15) is 0 Å². The highest BCUT2D eigenvalue weighted by atomic mass is 35.5. The molecule has 3 rings (SSSR count). The van der Waals surface area contributed by atoms with E-state index < -0.39 is 22.5 Å². The molecule has 0 aliphatic heterocycles. The number of aryl methyl sites for hydroxylation is 2. The second kappa shape index (κ2) is 9.08. The monoisotopic (exact) mass is 462 g/mol. The van der Waals surface area contributed by atoms with Crippen LogP contribution in [0.3, 0.4) is 0 Å². The highest BCUT2D eigenvalue weighted by Crippen LogP contribution is 2.28. The Morgan fingerprint density at radius 2 is 1.57 bits per heavy atom. The summed E-state index contributed by atoms with van der Waals surface area (Å²) in [6.45, 7) is 3.27. The number of hydrogen-bond acceptors (Lipinski definition) is 3. The summed E-state index contributed by atoms with van der Waals surface area (Å²) in [6.07, 6.45) is 0. The Morgan fingerprint density at radius 1 is 0.933 bits per heavy atom. The van der Waals surface area contributed by atoms with Crippen molar-refractivity contribution in [2.24, 2.45) is 0 Å². The molecule has 0 aromatic heterocycles. The minimum atomic E-state index is -4.00. The summed E-state index contributed by atoms with van der Waals surface area (Å²) in [6, 6.07) is 17.9. The van der Waals surface area contributed by atoms with Crippen molar-refractivity contribution in [3.05, 3.63) is 87.9 Å². The van der Waals surface area contributed by atoms with Gasteiger partial charge in [0, 0.05) is 15.7 Å². The maximum absolute atomic E-state index is 13.4. The third kappa shape index (κ3) is 5.14. The number of sulfonamides is 1. The summed E-state index contributed by atoms with van der Waals surface area (Å²) in [7, 11) is -4.00. The fourth-order valence-electron chi connectivity index (χ4n) is 2.75. The Bertz CT molecular complexity index is 1160. The molecule has 0 fully saturated rings. The van der Waals surface area contributed by atoms with E-state index in [1.54, 1.807) is 48.5 Å². The van der Waals surface area contributed by atoms with Crippen LogP contribution >= 0.6 is 23.2 Å². The molecule has 0 atom stereocenters. The summed E-state index contributed by atoms with van der Waals surface area (Å²) in [4.78, 5) is 12.8. The van der Waals surface area contributed by atoms with Crippen LogP contribution < -0.4 is 9.62 Å². The van der Waals surface area contributed by atoms with E-state index in [4.69, 9.17) is 23.2 Å². The van der Waals surface area contributed by atoms with E-state index in [1.165, 1.54) is 18.2 Å². The van der Waals surface area contributed by atoms with Crippen LogP contribution in [0.1, 0.15) is 11.1 Å². The van der Waals surface area contributed by atoms with E-state index in [2.05, 4.69) is 5.32 Å². The number of amides is 1. The van der Waals surface area contributed by atoms with E-state index in [1.807, 2.05) is 13.8 Å². The largest absolute Gasteiger partial charge is 0.325 e. The molecule has 3 aromatic carbocycles. The minimum Gasteiger partial charge on any atom is -0.325 e. The first-order valence-electron chi connectivity index (χ1n) is 9.08. The maximum atomic E-state index is 13.4. The van der Waals surface area contributed by atoms with Gasteiger partial charge in [-0.1, -0.05) is 47.0 Å². The molecule has 0 saturated carbocycles. The highest BCUT2D eigenvalue weighted by Gasteiger charge is 2.27. The summed E-state index contributed by atoms with van der Waals surface area (Å²) in [5, 5.41) is 3.64. The molecule has 0 unspecified atom stereocenters. The van der Waals surface area contributed by atoms with Crippen molar-refractivity contribution < 1.29 is 13.2 Å². The second-order valence-electron chi connectivity index (χ2n) is 6.81. The number of nitrogens with one attached hydrogen (secondary N) is 1. The van der Waals surface area contributed by atoms with Crippen molar-refractivity contribution in [2.75, 3.05) is 16.2 Å². The molecule has 30 heavy (non-hydrogen) atoms. The molecule has 0 radical (unpaired) electrons. The Morgan fingerprint density at radius 3 is 2.17 bits per heavy atom. The maximum Gasteiger partial charge on any atom is 0.264 e. The number of carbonyl (C=O) groups excluding carboxylic acids is 1. The zero-order valence-electron chi connectivity index (χ0n) is 16.4. The van der Waals surface area contributed by atoms with Gasteiger partial charge in [0.2, 0.25) is 5.91 Å². The molecule has 8 heteroatoms. The molecule has 1 amide bonds. The first-order valence-corrected chi connectivity index (χ1v) is 11.3. The lowest BCUT2D eigenvalue weighted by Crippen LogP contribution is -2.38. The Labute approximate surface area is 186 Å². The van der Waals surface area contributed by atoms with Crippen LogP contribution in [0.15, 0.2) is 71.6 Å². The molecule has 0 heterocycles. The first kappa shape index (κ1) is 22.2. The van der Waals surface area contributed by atoms with E-state index in [-0.39, 0.29) is 4.90 Å². The molecular formula is C22H20Cl2N2O3S. The zero-order chi connectivity index (χ0) is 21.9. The van der Waals surface area contributed by atoms with Crippen molar-refractivity contribution in [1.29, 1.82) is 0 Å². The van der Waals surface area contributed by atoms with Crippen molar-refractivity contribution in [2.45, 2.75) is 18.7 Å². The Balaban J connectivity index is 1.96. The van der Waals surface area contributed by atoms with Gasteiger partial charge < -0.3 is 5.32 Å². The summed E-state index contributed by atoms with van der Waals surface area (Å²) in [5.74, 6) is -0.496. The zero-order valence-corrected chi connectivity index (χ0v) is 18.7. The predicted octanol–water partition coefficient (Wildman–Crippen LogP) is 5.44. The van der Waals surface area contributed by atoms with Gasteiger partial charge in [-0.05, 0) is 67.9 Å². The molecule has 156 valence electrons. The lowest BCUT2D eigenvalue weighted by molar-refractivity contribution is -0.114. The smallest absolute Gasteiger partial charge is 0.264 e. The van der Waals surface area contributed by atoms with Gasteiger partial charge >= 0.3 is 0 Å². The summed E-state index contributed by atoms with van der Waals surface area (Å²) < 4.78 is 27.8. The molecule has 0 aliphatic carbocycles. The third-order valence-electron chi connectivity index (χ3n) is 4.47. The quantitative estimate of drug-likeness (QED) is 0.529. The van der Waals surface area contributed by atoms with E-state index in [0.717, 1.165) is 15.4 Å². The number of nitrogens with zero attached hydrogens (tertiary/aromatic N) is 1. The van der Waals surface area contributed by atoms with Crippen LogP contribution in [0.25, 0.3) is 0 Å². The van der Waals surface area contributed by atoms with Crippen molar-refractivity contribution >= 4 is 50.5 Å². The Hall–Kier alpha value is -2.54. The van der Waals surface area contributed by atoms with Crippen molar-refractivity contribution in [1.82, 2.24) is 0 Å². The van der Waals surface area contributed by atoms with Gasteiger partial charge in [-0.3, -0.25) is 9.10 Å². The number of hydrogen-bond donors (Lipinski definition) is 1. The van der Waals surface area contributed by atoms with Crippen LogP contribution in [-0.4, -0.2) is 20.9 Å². The molecule has 0 saturated heterocycles. The van der Waals surface area contributed by atoms with E-state index >= 15 is 0 Å². The summed E-state index contributed by atoms with van der Waals surface area (Å²) >= 11 is 12.1. The topological polar surface area (TPSA) is 66.5 Å². The van der Waals surface area contributed by atoms with Crippen molar-refractivity contribution in [3.8, 4) is 0 Å². The average Bonchev–Trinajstić information content (AvgIpc) is 2.70. The number of rotatable bonds is 6. The van der Waals surface area contributed by atoms with Gasteiger partial charge in [0.15, 0.2) is 0 Å². The van der Waals surface area contributed by atoms with Crippen molar-refractivity contribution in [3.63, 3.8) is 0 Å². The van der Waals surface area contributed by atoms with Crippen LogP contribution in [0.4, 0.5) is 11.4 Å². The first-order chi connectivity index (χ1) is 14.2. The van der Waals surface area contributed by atoms with Crippen LogP contribution in [0.5, 0.6) is 0 Å².